The number of anilines is 5. The maximum Gasteiger partial charge on any atom is 0.412 e. The number of amides is 4. The summed E-state index contributed by atoms with van der Waals surface area (Å²) in [7, 11) is 0. The van der Waals surface area contributed by atoms with Gasteiger partial charge >= 0.3 is 24.4 Å². The molecule has 4 aliphatic heterocycles. The maximum atomic E-state index is 12.2. The molecule has 10 aromatic carbocycles. The Bertz CT molecular complexity index is 6600. The van der Waals surface area contributed by atoms with Gasteiger partial charge in [0, 0.05) is 128 Å². The molecule has 6 N–H and O–H groups in total. The van der Waals surface area contributed by atoms with Crippen LogP contribution in [0.15, 0.2) is 281 Å². The van der Waals surface area contributed by atoms with Crippen molar-refractivity contribution >= 4 is 141 Å². The number of benzene rings is 10. The number of carbonyl (C=O) groups excluding carboxylic acids is 6. The van der Waals surface area contributed by atoms with E-state index >= 15 is 0 Å². The van der Waals surface area contributed by atoms with E-state index in [4.69, 9.17) is 34.6 Å². The van der Waals surface area contributed by atoms with Crippen molar-refractivity contribution in [1.82, 2.24) is 59.0 Å². The molecule has 132 heavy (non-hydrogen) atoms. The average Bonchev–Trinajstić information content (AvgIpc) is 1.56. The molecule has 0 saturated carbocycles. The Hall–Kier alpha value is -15.5. The van der Waals surface area contributed by atoms with E-state index in [1.54, 1.807) is 55.6 Å². The summed E-state index contributed by atoms with van der Waals surface area (Å²) in [5.41, 5.74) is 26.6. The van der Waals surface area contributed by atoms with E-state index in [-0.39, 0.29) is 29.6 Å². The van der Waals surface area contributed by atoms with E-state index in [9.17, 15) is 38.9 Å². The van der Waals surface area contributed by atoms with Gasteiger partial charge in [0.05, 0.1) is 44.4 Å². The van der Waals surface area contributed by atoms with E-state index in [2.05, 4.69) is 129 Å². The van der Waals surface area contributed by atoms with Gasteiger partial charge < -0.3 is 33.8 Å². The summed E-state index contributed by atoms with van der Waals surface area (Å²) >= 11 is 9.78. The van der Waals surface area contributed by atoms with Crippen LogP contribution < -0.4 is 27.0 Å². The van der Waals surface area contributed by atoms with Crippen molar-refractivity contribution in [2.75, 3.05) is 27.0 Å². The first-order valence-electron chi connectivity index (χ1n) is 41.7. The lowest BCUT2D eigenvalue weighted by molar-refractivity contribution is -0.385. The molecule has 0 saturated heterocycles. The van der Waals surface area contributed by atoms with Crippen molar-refractivity contribution in [1.29, 1.82) is 0 Å². The number of nitrogens with one attached hydrogen (secondary N) is 4. The van der Waals surface area contributed by atoms with Gasteiger partial charge in [-0.15, -0.1) is 0 Å². The molecule has 0 radical (unpaired) electrons. The van der Waals surface area contributed by atoms with Gasteiger partial charge in [0.15, 0.2) is 23.9 Å². The number of hydrogen-bond donors (Lipinski definition) is 5. The molecule has 4 unspecified atom stereocenters. The third kappa shape index (κ3) is 22.1. The second kappa shape index (κ2) is 42.2. The summed E-state index contributed by atoms with van der Waals surface area (Å²) in [6, 6.07) is 72.9. The topological polar surface area (TPSA) is 395 Å². The molecule has 0 fully saturated rings. The van der Waals surface area contributed by atoms with Crippen LogP contribution in [0.5, 0.6) is 0 Å². The highest BCUT2D eigenvalue weighted by Gasteiger charge is 2.33. The fourth-order valence-electron chi connectivity index (χ4n) is 15.2. The summed E-state index contributed by atoms with van der Waals surface area (Å²) in [6.07, 6.45) is 11.0. The summed E-state index contributed by atoms with van der Waals surface area (Å²) in [4.78, 5) is 123. The normalized spacial score (nSPS) is 14.6. The first kappa shape index (κ1) is 91.3. The zero-order chi connectivity index (χ0) is 92.5. The van der Waals surface area contributed by atoms with E-state index < -0.39 is 35.4 Å². The molecule has 0 aliphatic carbocycles. The first-order valence-corrected chi connectivity index (χ1v) is 44.1. The average molecular weight is 1960 g/mol. The van der Waals surface area contributed by atoms with E-state index in [1.807, 2.05) is 218 Å². The summed E-state index contributed by atoms with van der Waals surface area (Å²) < 4.78 is 28.8. The van der Waals surface area contributed by atoms with Gasteiger partial charge in [-0.3, -0.25) is 41.0 Å². The first-order chi connectivity index (χ1) is 64.0. The van der Waals surface area contributed by atoms with Crippen LogP contribution in [0.25, 0.3) is 67.6 Å². The molecule has 4 atom stereocenters. The third-order valence-electron chi connectivity index (χ3n) is 21.5. The van der Waals surface area contributed by atoms with Crippen LogP contribution in [0.2, 0.25) is 0 Å². The Morgan fingerprint density at radius 1 is 0.402 bits per heavy atom. The molecule has 0 spiro atoms. The van der Waals surface area contributed by atoms with E-state index in [1.165, 1.54) is 18.2 Å². The van der Waals surface area contributed by atoms with Crippen LogP contribution in [-0.4, -0.2) is 101 Å². The largest absolute Gasteiger partial charge is 0.441 e. The fourth-order valence-corrected chi connectivity index (χ4v) is 16.3. The molecule has 0 bridgehead atoms. The molecule has 10 heterocycles. The van der Waals surface area contributed by atoms with Crippen molar-refractivity contribution in [3.63, 3.8) is 0 Å². The number of fused-ring (bicyclic) bond motifs is 6. The number of nitro groups is 1. The minimum atomic E-state index is -0.587. The van der Waals surface area contributed by atoms with E-state index in [0.29, 0.717) is 94.9 Å². The highest BCUT2D eigenvalue weighted by atomic mass is 79.9. The van der Waals surface area contributed by atoms with Crippen molar-refractivity contribution in [2.24, 2.45) is 0 Å². The van der Waals surface area contributed by atoms with Gasteiger partial charge in [-0.05, 0) is 136 Å². The minimum Gasteiger partial charge on any atom is -0.441 e. The number of aldehydes is 2. The Morgan fingerprint density at radius 3 is 1.10 bits per heavy atom. The zero-order valence-corrected chi connectivity index (χ0v) is 76.3. The summed E-state index contributed by atoms with van der Waals surface area (Å²) in [5, 5.41) is 21.4. The van der Waals surface area contributed by atoms with Crippen LogP contribution in [0.3, 0.4) is 0 Å². The molecular weight excluding hydrogens is 1870 g/mol. The predicted molar refractivity (Wildman–Crippen MR) is 512 cm³/mol. The second-order valence-corrected chi connectivity index (χ2v) is 33.2. The number of hydrogen-bond acceptors (Lipinski definition) is 23. The number of nitrogen functional groups attached to an aromatic ring is 1. The summed E-state index contributed by atoms with van der Waals surface area (Å²) in [6.45, 7) is 11.2. The van der Waals surface area contributed by atoms with Gasteiger partial charge in [-0.25, -0.2) is 69.0 Å². The Labute approximate surface area is 781 Å². The number of halogens is 3. The highest BCUT2D eigenvalue weighted by Crippen LogP contribution is 2.42. The lowest BCUT2D eigenvalue weighted by atomic mass is 9.96. The molecule has 20 rings (SSSR count). The molecular formula is C99H83Br3N18O12. The quantitative estimate of drug-likeness (QED) is 0.0186. The molecule has 30 nitrogen and oxygen atoms in total. The predicted octanol–water partition coefficient (Wildman–Crippen LogP) is 22.4. The van der Waals surface area contributed by atoms with Crippen LogP contribution >= 0.6 is 47.8 Å². The Morgan fingerprint density at radius 2 is 0.735 bits per heavy atom. The number of carbonyl (C=O) groups is 6. The highest BCUT2D eigenvalue weighted by molar-refractivity contribution is 9.11. The number of nitrogens with zero attached hydrogens (tertiary/aromatic N) is 13. The molecule has 16 aromatic rings. The molecule has 6 aromatic heterocycles. The molecule has 33 heteroatoms. The number of rotatable bonds is 17. The second-order valence-electron chi connectivity index (χ2n) is 30.4. The lowest BCUT2D eigenvalue weighted by Gasteiger charge is -2.27. The number of ether oxygens (including phenoxy) is 4. The van der Waals surface area contributed by atoms with Crippen LogP contribution in [-0.2, 0) is 57.7 Å². The van der Waals surface area contributed by atoms with Crippen LogP contribution in [0.1, 0.15) is 121 Å². The Balaban J connectivity index is 0.000000128. The number of cyclic esters (lactones) is 4. The minimum absolute atomic E-state index is 0.0781. The lowest BCUT2D eigenvalue weighted by Crippen LogP contribution is -2.25. The van der Waals surface area contributed by atoms with Crippen LogP contribution in [0, 0.1) is 30.9 Å². The number of imidazole rings is 2. The van der Waals surface area contributed by atoms with Gasteiger partial charge in [-0.1, -0.05) is 199 Å². The molecule has 4 aliphatic rings. The third-order valence-corrected chi connectivity index (χ3v) is 23.0. The van der Waals surface area contributed by atoms with Crippen molar-refractivity contribution in [2.45, 2.75) is 97.8 Å². The van der Waals surface area contributed by atoms with Crippen molar-refractivity contribution < 1.29 is 52.6 Å². The SMILES string of the molecule is CCn1c(-c2cnc(C)nc2)nc2c(-c3ccc4c(c3)C(Cc3ccccc3)OC(=O)N4)ncnc21.CCn1c(-c2cnc(C)nc2)nc2c(-c3ccc4c(c3)C(Cc3ccccc3)OC(=O)N4)ncnc21.Cc1ccc2c(c1)C(Cc1ccccc1)OC(=O)N2.Nc1ccc(Br)cc1C=O.O=C1Nc2ccc(Br)cc2C(Cc2ccccc2)O1.O=Cc1cc(Br)ccc1[N+](=O)[O-]. The zero-order valence-electron chi connectivity index (χ0n) is 71.5. The van der Waals surface area contributed by atoms with Crippen LogP contribution in [0.4, 0.5) is 53.3 Å². The monoisotopic (exact) mass is 1950 g/mol. The van der Waals surface area contributed by atoms with Crippen molar-refractivity contribution in [3.05, 3.63) is 364 Å². The fraction of sp³-hybridized carbons (Fsp3) is 0.152. The molecule has 662 valence electrons. The standard InChI is InChI=1S/2C27H23N7O2.C16H15NO2.C15H12BrNO2.C7H4BrNO3.C7H6BrNO/c2*1-3-34-25(19-13-28-16(2)29-14-19)33-24-23(30-15-31-26(24)34)18-9-10-21-20(12-18)22(36-27(35)32-21)11-17-7-5-4-6-8-17;1-11-7-8-14-13(9-11)15(19-16(18)17-14)10-12-5-3-2-4-6-12;16-11-6-7-13-12(9-11)14(19-15(18)17-13)8-10-4-2-1-3-5-10;8-6-1-2-7(9(11)12)5(3-6)4-10;8-6-1-2-7(9)5(3-6)4-10/h2*4-10,12-15,22H,3,11H2,1-2H3,(H,32,35);2-9,15H,10H2,1H3,(H,17,18);1-7,9,14H,8H2,(H,17,18);1-4H;1-4H,9H2. The molecule has 4 amide bonds. The van der Waals surface area contributed by atoms with Gasteiger partial charge in [0.25, 0.3) is 5.69 Å². The van der Waals surface area contributed by atoms with Crippen molar-refractivity contribution in [3.8, 4) is 45.3 Å². The number of nitro benzene ring substituents is 1. The number of nitrogens with two attached hydrogens (primary N) is 1. The van der Waals surface area contributed by atoms with E-state index in [0.717, 1.165) is 133 Å². The van der Waals surface area contributed by atoms with Gasteiger partial charge in [-0.2, -0.15) is 0 Å². The maximum absolute atomic E-state index is 12.2. The smallest absolute Gasteiger partial charge is 0.412 e. The number of aromatic nitrogens is 12. The Kier molecular flexibility index (Phi) is 29.2. The summed E-state index contributed by atoms with van der Waals surface area (Å²) in [5.74, 6) is 2.88. The number of aryl methyl sites for hydroxylation is 5. The van der Waals surface area contributed by atoms with Gasteiger partial charge in [0.2, 0.25) is 0 Å². The van der Waals surface area contributed by atoms with Gasteiger partial charge in [0.1, 0.15) is 82.8 Å².